The molecule has 1 aliphatic heterocycles. The third-order valence-corrected chi connectivity index (χ3v) is 8.31. The van der Waals surface area contributed by atoms with Crippen molar-refractivity contribution in [1.82, 2.24) is 29.6 Å². The lowest BCUT2D eigenvalue weighted by molar-refractivity contribution is -0.137. The van der Waals surface area contributed by atoms with Crippen LogP contribution in [0.2, 0.25) is 0 Å². The highest BCUT2D eigenvalue weighted by Gasteiger charge is 2.32. The van der Waals surface area contributed by atoms with Gasteiger partial charge in [0.05, 0.1) is 40.9 Å². The van der Waals surface area contributed by atoms with Gasteiger partial charge in [-0.25, -0.2) is 19.0 Å². The highest BCUT2D eigenvalue weighted by Crippen LogP contribution is 2.38. The van der Waals surface area contributed by atoms with E-state index in [1.807, 2.05) is 16.4 Å². The van der Waals surface area contributed by atoms with Crippen LogP contribution in [0.1, 0.15) is 39.7 Å². The number of nitrogen functional groups attached to an aromatic ring is 1. The number of piperidine rings is 1. The molecule has 1 saturated heterocycles. The molecule has 1 fully saturated rings. The number of nitrogens with one attached hydrogen (secondary N) is 1. The summed E-state index contributed by atoms with van der Waals surface area (Å²) in [4.78, 5) is 29.2. The minimum absolute atomic E-state index is 0.0809. The maximum Gasteiger partial charge on any atom is 0.416 e. The number of carbonyl (C=O) groups excluding carboxylic acids is 1. The summed E-state index contributed by atoms with van der Waals surface area (Å²) in [5.41, 5.74) is 8.31. The molecular weight excluding hydrogens is 600 g/mol. The van der Waals surface area contributed by atoms with Crippen LogP contribution in [0.4, 0.5) is 29.1 Å². The number of fused-ring (bicyclic) bond motifs is 1. The van der Waals surface area contributed by atoms with E-state index in [9.17, 15) is 22.4 Å². The topological polar surface area (TPSA) is 124 Å². The van der Waals surface area contributed by atoms with Crippen LogP contribution >= 0.6 is 11.3 Å². The number of rotatable bonds is 7. The summed E-state index contributed by atoms with van der Waals surface area (Å²) in [6.07, 6.45) is 0.265. The first-order valence-corrected chi connectivity index (χ1v) is 14.4. The lowest BCUT2D eigenvalue weighted by atomic mass is 10.1. The fourth-order valence-corrected chi connectivity index (χ4v) is 5.96. The third kappa shape index (κ3) is 5.79. The zero-order chi connectivity index (χ0) is 31.0. The Hall–Kier alpha value is -4.63. The molecule has 5 aromatic rings. The number of amides is 1. The largest absolute Gasteiger partial charge is 0.495 e. The van der Waals surface area contributed by atoms with Crippen LogP contribution in [0, 0.1) is 5.82 Å². The average molecular weight is 627 g/mol. The van der Waals surface area contributed by atoms with Crippen molar-refractivity contribution in [1.29, 1.82) is 0 Å². The standard InChI is InChI=1S/C29H26F4N8O2S/c1-43-23-10-16(2-5-22(23)38-28(42)20-4-3-17(11-21(20)30)29(31,32)33)25-24-26(34)36-14-37-27(24)41(39-25)18-6-8-40(9-7-18)13-19-12-35-15-44-19/h2-5,10-12,14-15,18H,6-9,13H2,1H3,(H,38,42)(H2,34,36,37). The molecule has 0 atom stereocenters. The van der Waals surface area contributed by atoms with Gasteiger partial charge < -0.3 is 15.8 Å². The van der Waals surface area contributed by atoms with Gasteiger partial charge in [0.2, 0.25) is 0 Å². The molecule has 3 N–H and O–H groups in total. The first kappa shape index (κ1) is 29.4. The van der Waals surface area contributed by atoms with Gasteiger partial charge in [0.1, 0.15) is 29.4 Å². The molecular formula is C29H26F4N8O2S. The molecule has 0 saturated carbocycles. The molecule has 44 heavy (non-hydrogen) atoms. The van der Waals surface area contributed by atoms with Crippen molar-refractivity contribution in [3.63, 3.8) is 0 Å². The van der Waals surface area contributed by atoms with E-state index >= 15 is 0 Å². The van der Waals surface area contributed by atoms with Crippen LogP contribution in [-0.4, -0.2) is 55.7 Å². The van der Waals surface area contributed by atoms with Crippen LogP contribution in [-0.2, 0) is 12.7 Å². The van der Waals surface area contributed by atoms with Gasteiger partial charge in [0, 0.05) is 36.3 Å². The minimum atomic E-state index is -4.74. The molecule has 3 aromatic heterocycles. The Morgan fingerprint density at radius 1 is 1.16 bits per heavy atom. The summed E-state index contributed by atoms with van der Waals surface area (Å²) in [5.74, 6) is -1.75. The molecule has 0 unspecified atom stereocenters. The molecule has 10 nitrogen and oxygen atoms in total. The van der Waals surface area contributed by atoms with Gasteiger partial charge in [-0.15, -0.1) is 11.3 Å². The molecule has 1 amide bonds. The summed E-state index contributed by atoms with van der Waals surface area (Å²) >= 11 is 1.64. The number of alkyl halides is 3. The lowest BCUT2D eigenvalue weighted by Gasteiger charge is -2.31. The Bertz CT molecular complexity index is 1820. The number of nitrogens with zero attached hydrogens (tertiary/aromatic N) is 6. The number of ether oxygens (including phenoxy) is 1. The number of halogens is 4. The Morgan fingerprint density at radius 3 is 2.64 bits per heavy atom. The van der Waals surface area contributed by atoms with E-state index in [1.165, 1.54) is 24.4 Å². The number of benzene rings is 2. The first-order chi connectivity index (χ1) is 21.1. The van der Waals surface area contributed by atoms with Crippen molar-refractivity contribution in [2.24, 2.45) is 0 Å². The molecule has 0 bridgehead atoms. The van der Waals surface area contributed by atoms with Gasteiger partial charge in [0.15, 0.2) is 5.65 Å². The summed E-state index contributed by atoms with van der Waals surface area (Å²) in [6.45, 7) is 2.61. The molecule has 6 rings (SSSR count). The van der Waals surface area contributed by atoms with Crippen LogP contribution in [0.3, 0.4) is 0 Å². The van der Waals surface area contributed by atoms with Crippen molar-refractivity contribution >= 4 is 39.8 Å². The van der Waals surface area contributed by atoms with Crippen molar-refractivity contribution < 1.29 is 27.1 Å². The van der Waals surface area contributed by atoms with E-state index in [0.717, 1.165) is 38.5 Å². The molecule has 0 aliphatic carbocycles. The van der Waals surface area contributed by atoms with Crippen molar-refractivity contribution in [3.8, 4) is 17.0 Å². The molecule has 1 aliphatic rings. The molecule has 0 radical (unpaired) electrons. The zero-order valence-corrected chi connectivity index (χ0v) is 24.1. The van der Waals surface area contributed by atoms with Gasteiger partial charge in [-0.05, 0) is 43.2 Å². The molecule has 2 aromatic carbocycles. The number of hydrogen-bond acceptors (Lipinski definition) is 9. The van der Waals surface area contributed by atoms with Crippen LogP contribution in [0.5, 0.6) is 5.75 Å². The predicted octanol–water partition coefficient (Wildman–Crippen LogP) is 5.79. The van der Waals surface area contributed by atoms with Crippen molar-refractivity contribution in [2.75, 3.05) is 31.2 Å². The second-order valence-electron chi connectivity index (χ2n) is 10.3. The van der Waals surface area contributed by atoms with Crippen molar-refractivity contribution in [2.45, 2.75) is 31.6 Å². The number of anilines is 2. The number of carbonyl (C=O) groups is 1. The Balaban J connectivity index is 1.26. The number of thiazole rings is 1. The quantitative estimate of drug-likeness (QED) is 0.218. The fourth-order valence-electron chi connectivity index (χ4n) is 5.32. The second kappa shape index (κ2) is 11.8. The molecule has 4 heterocycles. The van der Waals surface area contributed by atoms with Crippen LogP contribution in [0.15, 0.2) is 54.4 Å². The molecule has 0 spiro atoms. The van der Waals surface area contributed by atoms with E-state index < -0.39 is 29.0 Å². The van der Waals surface area contributed by atoms with Crippen LogP contribution in [0.25, 0.3) is 22.3 Å². The summed E-state index contributed by atoms with van der Waals surface area (Å²) in [5, 5.41) is 8.01. The maximum atomic E-state index is 14.4. The summed E-state index contributed by atoms with van der Waals surface area (Å²) < 4.78 is 60.6. The smallest absolute Gasteiger partial charge is 0.416 e. The van der Waals surface area contributed by atoms with Gasteiger partial charge in [0.25, 0.3) is 5.91 Å². The zero-order valence-electron chi connectivity index (χ0n) is 23.3. The highest BCUT2D eigenvalue weighted by atomic mass is 32.1. The predicted molar refractivity (Wildman–Crippen MR) is 157 cm³/mol. The van der Waals surface area contributed by atoms with Crippen LogP contribution < -0.4 is 15.8 Å². The highest BCUT2D eigenvalue weighted by molar-refractivity contribution is 7.09. The number of nitrogens with two attached hydrogens (primary N) is 1. The Kier molecular flexibility index (Phi) is 7.90. The maximum absolute atomic E-state index is 14.4. The Morgan fingerprint density at radius 2 is 1.95 bits per heavy atom. The number of aromatic nitrogens is 5. The van der Waals surface area contributed by atoms with E-state index in [2.05, 4.69) is 25.2 Å². The SMILES string of the molecule is COc1cc(-c2nn(C3CCN(Cc4cncs4)CC3)c3ncnc(N)c23)ccc1NC(=O)c1ccc(C(F)(F)F)cc1F. The number of hydrogen-bond donors (Lipinski definition) is 2. The monoisotopic (exact) mass is 626 g/mol. The lowest BCUT2D eigenvalue weighted by Crippen LogP contribution is -2.34. The molecule has 15 heteroatoms. The number of likely N-dealkylation sites (tertiary alicyclic amines) is 1. The van der Waals surface area contributed by atoms with E-state index in [0.29, 0.717) is 28.4 Å². The minimum Gasteiger partial charge on any atom is -0.495 e. The van der Waals surface area contributed by atoms with E-state index in [-0.39, 0.29) is 29.4 Å². The Labute approximate surface area is 252 Å². The normalized spacial score (nSPS) is 14.7. The van der Waals surface area contributed by atoms with Crippen molar-refractivity contribution in [3.05, 3.63) is 76.3 Å². The average Bonchev–Trinajstić information content (AvgIpc) is 3.66. The van der Waals surface area contributed by atoms with Gasteiger partial charge in [-0.2, -0.15) is 18.3 Å². The van der Waals surface area contributed by atoms with E-state index in [4.69, 9.17) is 15.6 Å². The number of methoxy groups -OCH3 is 1. The summed E-state index contributed by atoms with van der Waals surface area (Å²) in [6, 6.07) is 6.66. The van der Waals surface area contributed by atoms with E-state index in [1.54, 1.807) is 23.5 Å². The second-order valence-corrected chi connectivity index (χ2v) is 11.3. The van der Waals surface area contributed by atoms with Gasteiger partial charge in [-0.1, -0.05) is 6.07 Å². The van der Waals surface area contributed by atoms with Gasteiger partial charge in [-0.3, -0.25) is 14.7 Å². The summed E-state index contributed by atoms with van der Waals surface area (Å²) in [7, 11) is 1.39. The molecule has 228 valence electrons. The third-order valence-electron chi connectivity index (χ3n) is 7.55. The first-order valence-electron chi connectivity index (χ1n) is 13.6. The van der Waals surface area contributed by atoms with Gasteiger partial charge >= 0.3 is 6.18 Å². The fraction of sp³-hybridized carbons (Fsp3) is 0.276.